The minimum absolute atomic E-state index is 0.106. The second kappa shape index (κ2) is 6.69. The number of benzene rings is 1. The zero-order chi connectivity index (χ0) is 19.4. The molecule has 4 nitrogen and oxygen atoms in total. The van der Waals surface area contributed by atoms with Gasteiger partial charge < -0.3 is 9.84 Å². The smallest absolute Gasteiger partial charge is 0.306 e. The molecule has 0 amide bonds. The van der Waals surface area contributed by atoms with Gasteiger partial charge >= 0.3 is 5.97 Å². The van der Waals surface area contributed by atoms with Crippen LogP contribution in [0.2, 0.25) is 0 Å². The third-order valence-electron chi connectivity index (χ3n) is 7.71. The summed E-state index contributed by atoms with van der Waals surface area (Å²) >= 11 is 0. The molecule has 1 N–H and O–H groups in total. The first-order valence-corrected chi connectivity index (χ1v) is 11.0. The summed E-state index contributed by atoms with van der Waals surface area (Å²) in [6.07, 6.45) is 10.6. The van der Waals surface area contributed by atoms with Gasteiger partial charge in [-0.2, -0.15) is 0 Å². The van der Waals surface area contributed by atoms with Gasteiger partial charge in [-0.1, -0.05) is 12.1 Å². The van der Waals surface area contributed by atoms with Crippen LogP contribution in [0.25, 0.3) is 0 Å². The third kappa shape index (κ3) is 3.41. The van der Waals surface area contributed by atoms with Crippen LogP contribution >= 0.6 is 0 Å². The fraction of sp³-hybridized carbons (Fsp3) is 0.667. The first-order valence-electron chi connectivity index (χ1n) is 11.0. The molecule has 0 heterocycles. The lowest BCUT2D eigenvalue weighted by Gasteiger charge is -2.60. The van der Waals surface area contributed by atoms with Crippen LogP contribution in [-0.2, 0) is 22.4 Å². The SMILES string of the molecule is O=C(CC12C[C@@H]3C[C@@H](CC(O)(C3)C1)C2)OCC(=O)c1ccc2c(c1)CCCC2. The van der Waals surface area contributed by atoms with E-state index >= 15 is 0 Å². The molecular weight excluding hydrogens is 352 g/mol. The Kier molecular flexibility index (Phi) is 4.38. The van der Waals surface area contributed by atoms with Crippen LogP contribution in [0.5, 0.6) is 0 Å². The van der Waals surface area contributed by atoms with E-state index < -0.39 is 5.60 Å². The van der Waals surface area contributed by atoms with Gasteiger partial charge in [0.1, 0.15) is 0 Å². The number of aliphatic hydroxyl groups is 1. The van der Waals surface area contributed by atoms with Crippen molar-refractivity contribution in [2.45, 2.75) is 76.2 Å². The van der Waals surface area contributed by atoms with Crippen LogP contribution < -0.4 is 0 Å². The van der Waals surface area contributed by atoms with Gasteiger partial charge in [-0.15, -0.1) is 0 Å². The minimum atomic E-state index is -0.566. The molecule has 4 heteroatoms. The summed E-state index contributed by atoms with van der Waals surface area (Å²) in [5, 5.41) is 10.8. The summed E-state index contributed by atoms with van der Waals surface area (Å²) in [5.41, 5.74) is 2.59. The summed E-state index contributed by atoms with van der Waals surface area (Å²) < 4.78 is 5.40. The maximum Gasteiger partial charge on any atom is 0.306 e. The summed E-state index contributed by atoms with van der Waals surface area (Å²) in [6.45, 7) is -0.176. The zero-order valence-electron chi connectivity index (χ0n) is 16.5. The molecular formula is C24H30O4. The molecule has 150 valence electrons. The average Bonchev–Trinajstić information content (AvgIpc) is 2.63. The lowest BCUT2D eigenvalue weighted by atomic mass is 9.47. The van der Waals surface area contributed by atoms with Crippen molar-refractivity contribution >= 4 is 11.8 Å². The molecule has 4 fully saturated rings. The molecule has 1 aromatic carbocycles. The average molecular weight is 383 g/mol. The lowest BCUT2D eigenvalue weighted by Crippen LogP contribution is -2.56. The van der Waals surface area contributed by atoms with Crippen LogP contribution in [0.4, 0.5) is 0 Å². The van der Waals surface area contributed by atoms with Crippen molar-refractivity contribution in [1.29, 1.82) is 0 Å². The van der Waals surface area contributed by atoms with E-state index in [0.717, 1.165) is 44.9 Å². The van der Waals surface area contributed by atoms with Gasteiger partial charge in [0, 0.05) is 5.56 Å². The predicted molar refractivity (Wildman–Crippen MR) is 105 cm³/mol. The van der Waals surface area contributed by atoms with E-state index in [9.17, 15) is 14.7 Å². The Morgan fingerprint density at radius 1 is 1.04 bits per heavy atom. The number of hydrogen-bond acceptors (Lipinski definition) is 4. The van der Waals surface area contributed by atoms with E-state index in [1.165, 1.54) is 30.4 Å². The van der Waals surface area contributed by atoms with Crippen molar-refractivity contribution in [3.63, 3.8) is 0 Å². The van der Waals surface area contributed by atoms with Gasteiger partial charge in [0.15, 0.2) is 12.4 Å². The maximum absolute atomic E-state index is 12.5. The third-order valence-corrected chi connectivity index (χ3v) is 7.71. The fourth-order valence-electron chi connectivity index (χ4n) is 7.10. The van der Waals surface area contributed by atoms with Crippen LogP contribution in [0.1, 0.15) is 79.3 Å². The predicted octanol–water partition coefficient (Wildman–Crippen LogP) is 4.01. The van der Waals surface area contributed by atoms with Crippen LogP contribution in [-0.4, -0.2) is 29.1 Å². The number of aryl methyl sites for hydroxylation is 2. The zero-order valence-corrected chi connectivity index (χ0v) is 16.5. The Morgan fingerprint density at radius 2 is 1.75 bits per heavy atom. The molecule has 6 rings (SSSR count). The molecule has 2 unspecified atom stereocenters. The highest BCUT2D eigenvalue weighted by Gasteiger charge is 2.57. The van der Waals surface area contributed by atoms with Crippen molar-refractivity contribution in [3.05, 3.63) is 34.9 Å². The van der Waals surface area contributed by atoms with Gasteiger partial charge in [-0.05, 0) is 98.7 Å². The molecule has 5 aliphatic rings. The number of ether oxygens (including phenoxy) is 1. The fourth-order valence-corrected chi connectivity index (χ4v) is 7.10. The number of ketones is 1. The van der Waals surface area contributed by atoms with E-state index in [1.807, 2.05) is 12.1 Å². The van der Waals surface area contributed by atoms with Gasteiger partial charge in [-0.3, -0.25) is 9.59 Å². The van der Waals surface area contributed by atoms with E-state index in [2.05, 4.69) is 6.07 Å². The lowest BCUT2D eigenvalue weighted by molar-refractivity contribution is -0.176. The maximum atomic E-state index is 12.5. The molecule has 4 atom stereocenters. The topological polar surface area (TPSA) is 63.6 Å². The van der Waals surface area contributed by atoms with E-state index in [4.69, 9.17) is 4.74 Å². The summed E-state index contributed by atoms with van der Waals surface area (Å²) in [7, 11) is 0. The number of carbonyl (C=O) groups is 2. The van der Waals surface area contributed by atoms with E-state index in [1.54, 1.807) is 0 Å². The van der Waals surface area contributed by atoms with Crippen molar-refractivity contribution in [1.82, 2.24) is 0 Å². The normalized spacial score (nSPS) is 35.5. The Hall–Kier alpha value is -1.68. The molecule has 4 saturated carbocycles. The summed E-state index contributed by atoms with van der Waals surface area (Å²) in [4.78, 5) is 25.1. The van der Waals surface area contributed by atoms with E-state index in [-0.39, 0.29) is 23.8 Å². The molecule has 0 aromatic heterocycles. The highest BCUT2D eigenvalue weighted by molar-refractivity contribution is 5.98. The number of hydrogen-bond donors (Lipinski definition) is 1. The number of fused-ring (bicyclic) bond motifs is 1. The molecule has 5 aliphatic carbocycles. The van der Waals surface area contributed by atoms with Gasteiger partial charge in [0.2, 0.25) is 0 Å². The van der Waals surface area contributed by atoms with Crippen molar-refractivity contribution in [3.8, 4) is 0 Å². The Morgan fingerprint density at radius 3 is 2.46 bits per heavy atom. The van der Waals surface area contributed by atoms with Crippen LogP contribution in [0, 0.1) is 17.3 Å². The number of rotatable bonds is 5. The van der Waals surface area contributed by atoms with Gasteiger partial charge in [-0.25, -0.2) is 0 Å². The Balaban J connectivity index is 1.19. The quantitative estimate of drug-likeness (QED) is 0.617. The Labute approximate surface area is 166 Å². The molecule has 0 saturated heterocycles. The van der Waals surface area contributed by atoms with Gasteiger partial charge in [0.05, 0.1) is 12.0 Å². The standard InChI is InChI=1S/C24H30O4/c25-21(20-6-5-18-3-1-2-4-19(18)8-20)14-28-22(26)13-23-9-16-7-17(10-23)12-24(27,11-16)15-23/h5-6,8,16-17,27H,1-4,7,9-15H2/t16-,17+,23?,24?. The number of Topliss-reactive ketones (excluding diaryl/α,β-unsaturated/α-hetero) is 1. The van der Waals surface area contributed by atoms with Crippen molar-refractivity contribution < 1.29 is 19.4 Å². The van der Waals surface area contributed by atoms with Gasteiger partial charge in [0.25, 0.3) is 0 Å². The molecule has 28 heavy (non-hydrogen) atoms. The molecule has 0 spiro atoms. The molecule has 0 radical (unpaired) electrons. The first-order chi connectivity index (χ1) is 13.4. The minimum Gasteiger partial charge on any atom is -0.457 e. The Bertz CT molecular complexity index is 797. The van der Waals surface area contributed by atoms with E-state index in [0.29, 0.717) is 23.8 Å². The summed E-state index contributed by atoms with van der Waals surface area (Å²) in [6, 6.07) is 5.91. The highest BCUT2D eigenvalue weighted by atomic mass is 16.5. The van der Waals surface area contributed by atoms with Crippen molar-refractivity contribution in [2.24, 2.45) is 17.3 Å². The second-order valence-electron chi connectivity index (χ2n) is 10.1. The molecule has 1 aromatic rings. The molecule has 4 bridgehead atoms. The van der Waals surface area contributed by atoms with Crippen LogP contribution in [0.15, 0.2) is 18.2 Å². The monoisotopic (exact) mass is 382 g/mol. The molecule has 0 aliphatic heterocycles. The number of esters is 1. The highest BCUT2D eigenvalue weighted by Crippen LogP contribution is 2.62. The second-order valence-corrected chi connectivity index (χ2v) is 10.1. The largest absolute Gasteiger partial charge is 0.457 e. The van der Waals surface area contributed by atoms with Crippen LogP contribution in [0.3, 0.4) is 0 Å². The summed E-state index contributed by atoms with van der Waals surface area (Å²) in [5.74, 6) is 0.704. The van der Waals surface area contributed by atoms with Crippen molar-refractivity contribution in [2.75, 3.05) is 6.61 Å². The number of carbonyl (C=O) groups excluding carboxylic acids is 2. The first kappa shape index (κ1) is 18.4.